The standard InChI is InChI=1S/C12H12O2/c1-7-3-5-9(13)12-10(14)6-4-8(2)11(7)12/h3-6,13-14H,1-2H3. The minimum absolute atomic E-state index is 0.131. The van der Waals surface area contributed by atoms with Crippen LogP contribution in [0.25, 0.3) is 10.8 Å². The lowest BCUT2D eigenvalue weighted by molar-refractivity contribution is 0.464. The van der Waals surface area contributed by atoms with Crippen molar-refractivity contribution in [1.82, 2.24) is 0 Å². The monoisotopic (exact) mass is 188 g/mol. The Bertz CT molecular complexity index is 412. The average molecular weight is 188 g/mol. The van der Waals surface area contributed by atoms with Gasteiger partial charge >= 0.3 is 0 Å². The highest BCUT2D eigenvalue weighted by molar-refractivity contribution is 5.97. The number of hydrogen-bond donors (Lipinski definition) is 2. The summed E-state index contributed by atoms with van der Waals surface area (Å²) < 4.78 is 0. The van der Waals surface area contributed by atoms with Crippen LogP contribution in [0, 0.1) is 13.8 Å². The molecule has 2 heteroatoms. The minimum Gasteiger partial charge on any atom is -0.507 e. The number of phenolic OH excluding ortho intramolecular Hbond substituents is 2. The average Bonchev–Trinajstić information content (AvgIpc) is 2.16. The molecule has 0 radical (unpaired) electrons. The van der Waals surface area contributed by atoms with Crippen molar-refractivity contribution in [1.29, 1.82) is 0 Å². The van der Waals surface area contributed by atoms with Crippen LogP contribution in [0.1, 0.15) is 11.1 Å². The Hall–Kier alpha value is -1.70. The molecular formula is C12H12O2. The van der Waals surface area contributed by atoms with Gasteiger partial charge in [0.1, 0.15) is 11.5 Å². The molecule has 0 heterocycles. The summed E-state index contributed by atoms with van der Waals surface area (Å²) in [6.07, 6.45) is 0. The van der Waals surface area contributed by atoms with Crippen LogP contribution in [0.15, 0.2) is 24.3 Å². The number of hydrogen-bond acceptors (Lipinski definition) is 2. The molecule has 0 unspecified atom stereocenters. The van der Waals surface area contributed by atoms with Crippen LogP contribution in [0.3, 0.4) is 0 Å². The Morgan fingerprint density at radius 2 is 1.14 bits per heavy atom. The van der Waals surface area contributed by atoms with Gasteiger partial charge in [-0.2, -0.15) is 0 Å². The van der Waals surface area contributed by atoms with Gasteiger partial charge in [0, 0.05) is 0 Å². The van der Waals surface area contributed by atoms with Gasteiger partial charge in [0.25, 0.3) is 0 Å². The molecule has 0 atom stereocenters. The lowest BCUT2D eigenvalue weighted by Crippen LogP contribution is -1.84. The molecule has 2 nitrogen and oxygen atoms in total. The maximum atomic E-state index is 9.64. The molecule has 2 aromatic carbocycles. The van der Waals surface area contributed by atoms with E-state index in [1.54, 1.807) is 12.1 Å². The van der Waals surface area contributed by atoms with Crippen LogP contribution in [-0.2, 0) is 0 Å². The molecule has 0 aliphatic rings. The Morgan fingerprint density at radius 3 is 1.50 bits per heavy atom. The third kappa shape index (κ3) is 1.11. The van der Waals surface area contributed by atoms with E-state index in [0.717, 1.165) is 16.5 Å². The van der Waals surface area contributed by atoms with E-state index < -0.39 is 0 Å². The quantitative estimate of drug-likeness (QED) is 0.667. The highest BCUT2D eigenvalue weighted by Crippen LogP contribution is 2.36. The molecule has 14 heavy (non-hydrogen) atoms. The second-order valence-corrected chi connectivity index (χ2v) is 3.55. The van der Waals surface area contributed by atoms with E-state index in [1.165, 1.54) is 0 Å². The van der Waals surface area contributed by atoms with Crippen LogP contribution < -0.4 is 0 Å². The van der Waals surface area contributed by atoms with Crippen molar-refractivity contribution in [3.63, 3.8) is 0 Å². The first-order valence-corrected chi connectivity index (χ1v) is 4.52. The van der Waals surface area contributed by atoms with Crippen molar-refractivity contribution in [2.45, 2.75) is 13.8 Å². The van der Waals surface area contributed by atoms with Crippen molar-refractivity contribution in [2.75, 3.05) is 0 Å². The van der Waals surface area contributed by atoms with E-state index in [2.05, 4.69) is 0 Å². The van der Waals surface area contributed by atoms with Gasteiger partial charge in [-0.1, -0.05) is 12.1 Å². The molecule has 0 amide bonds. The van der Waals surface area contributed by atoms with Crippen LogP contribution >= 0.6 is 0 Å². The molecule has 0 aliphatic carbocycles. The van der Waals surface area contributed by atoms with Crippen LogP contribution in [-0.4, -0.2) is 10.2 Å². The number of fused-ring (bicyclic) bond motifs is 1. The fourth-order valence-electron chi connectivity index (χ4n) is 1.83. The molecule has 0 fully saturated rings. The van der Waals surface area contributed by atoms with Gasteiger partial charge in [0.2, 0.25) is 0 Å². The van der Waals surface area contributed by atoms with Gasteiger partial charge < -0.3 is 10.2 Å². The summed E-state index contributed by atoms with van der Waals surface area (Å²) >= 11 is 0. The molecule has 0 saturated carbocycles. The molecule has 2 N–H and O–H groups in total. The number of benzene rings is 2. The summed E-state index contributed by atoms with van der Waals surface area (Å²) in [6, 6.07) is 6.92. The molecular weight excluding hydrogens is 176 g/mol. The Kier molecular flexibility index (Phi) is 1.84. The number of rotatable bonds is 0. The van der Waals surface area contributed by atoms with Crippen molar-refractivity contribution >= 4 is 10.8 Å². The van der Waals surface area contributed by atoms with E-state index in [9.17, 15) is 10.2 Å². The fourth-order valence-corrected chi connectivity index (χ4v) is 1.83. The normalized spacial score (nSPS) is 10.7. The smallest absolute Gasteiger partial charge is 0.127 e. The zero-order valence-electron chi connectivity index (χ0n) is 8.20. The van der Waals surface area contributed by atoms with Crippen molar-refractivity contribution in [2.24, 2.45) is 0 Å². The second kappa shape index (κ2) is 2.91. The van der Waals surface area contributed by atoms with Crippen molar-refractivity contribution < 1.29 is 10.2 Å². The first kappa shape index (κ1) is 8.88. The Balaban J connectivity index is 3.05. The number of phenols is 2. The summed E-state index contributed by atoms with van der Waals surface area (Å²) in [5, 5.41) is 20.8. The van der Waals surface area contributed by atoms with Gasteiger partial charge in [-0.15, -0.1) is 0 Å². The maximum Gasteiger partial charge on any atom is 0.127 e. The molecule has 0 spiro atoms. The molecule has 0 aliphatic heterocycles. The van der Waals surface area contributed by atoms with Crippen LogP contribution in [0.2, 0.25) is 0 Å². The Labute approximate surface area is 82.4 Å². The second-order valence-electron chi connectivity index (χ2n) is 3.55. The van der Waals surface area contributed by atoms with Gasteiger partial charge in [0.15, 0.2) is 0 Å². The van der Waals surface area contributed by atoms with Crippen molar-refractivity contribution in [3.8, 4) is 11.5 Å². The largest absolute Gasteiger partial charge is 0.507 e. The summed E-state index contributed by atoms with van der Waals surface area (Å²) in [6.45, 7) is 3.93. The zero-order valence-corrected chi connectivity index (χ0v) is 8.20. The third-order valence-corrected chi connectivity index (χ3v) is 2.53. The highest BCUT2D eigenvalue weighted by Gasteiger charge is 2.08. The SMILES string of the molecule is Cc1ccc(O)c2c(O)ccc(C)c12. The Morgan fingerprint density at radius 1 is 0.714 bits per heavy atom. The molecule has 2 aromatic rings. The lowest BCUT2D eigenvalue weighted by atomic mass is 9.99. The third-order valence-electron chi connectivity index (χ3n) is 2.53. The van der Waals surface area contributed by atoms with E-state index in [0.29, 0.717) is 5.39 Å². The topological polar surface area (TPSA) is 40.5 Å². The lowest BCUT2D eigenvalue weighted by Gasteiger charge is -2.08. The molecule has 0 saturated heterocycles. The molecule has 0 bridgehead atoms. The first-order chi connectivity index (χ1) is 6.61. The van der Waals surface area contributed by atoms with E-state index in [1.807, 2.05) is 26.0 Å². The summed E-state index contributed by atoms with van der Waals surface area (Å²) in [5.74, 6) is 0.263. The summed E-state index contributed by atoms with van der Waals surface area (Å²) in [7, 11) is 0. The van der Waals surface area contributed by atoms with E-state index in [-0.39, 0.29) is 11.5 Å². The predicted molar refractivity (Wildman–Crippen MR) is 56.8 cm³/mol. The number of aromatic hydroxyl groups is 2. The van der Waals surface area contributed by atoms with Gasteiger partial charge in [-0.3, -0.25) is 0 Å². The van der Waals surface area contributed by atoms with Gasteiger partial charge in [-0.05, 0) is 42.5 Å². The predicted octanol–water partition coefficient (Wildman–Crippen LogP) is 2.87. The van der Waals surface area contributed by atoms with Gasteiger partial charge in [0.05, 0.1) is 5.39 Å². The zero-order chi connectivity index (χ0) is 10.3. The highest BCUT2D eigenvalue weighted by atomic mass is 16.3. The minimum atomic E-state index is 0.131. The van der Waals surface area contributed by atoms with E-state index >= 15 is 0 Å². The van der Waals surface area contributed by atoms with Crippen molar-refractivity contribution in [3.05, 3.63) is 35.4 Å². The van der Waals surface area contributed by atoms with E-state index in [4.69, 9.17) is 0 Å². The van der Waals surface area contributed by atoms with Gasteiger partial charge in [-0.25, -0.2) is 0 Å². The first-order valence-electron chi connectivity index (χ1n) is 4.52. The van der Waals surface area contributed by atoms with Crippen LogP contribution in [0.5, 0.6) is 11.5 Å². The number of aryl methyl sites for hydroxylation is 2. The fraction of sp³-hybridized carbons (Fsp3) is 0.167. The summed E-state index contributed by atoms with van der Waals surface area (Å²) in [5.41, 5.74) is 2.12. The molecule has 2 rings (SSSR count). The maximum absolute atomic E-state index is 9.64. The molecule has 72 valence electrons. The molecule has 0 aromatic heterocycles. The summed E-state index contributed by atoms with van der Waals surface area (Å²) in [4.78, 5) is 0. The van der Waals surface area contributed by atoms with Crippen LogP contribution in [0.4, 0.5) is 0 Å².